The number of pyridine rings is 1. The van der Waals surface area contributed by atoms with E-state index >= 15 is 0 Å². The van der Waals surface area contributed by atoms with Crippen LogP contribution in [0, 0.1) is 0 Å². The van der Waals surface area contributed by atoms with Gasteiger partial charge in [-0.3, -0.25) is 4.79 Å². The zero-order valence-corrected chi connectivity index (χ0v) is 14.9. The number of nitrogens with zero attached hydrogens (tertiary/aromatic N) is 1. The largest absolute Gasteiger partial charge is 0.489 e. The molecule has 2 heterocycles. The Hall–Kier alpha value is -2.80. The van der Waals surface area contributed by atoms with Gasteiger partial charge < -0.3 is 24.3 Å². The lowest BCUT2D eigenvalue weighted by Crippen LogP contribution is -2.18. The molecule has 2 aromatic rings. The van der Waals surface area contributed by atoms with Gasteiger partial charge in [0.1, 0.15) is 17.9 Å². The molecule has 1 aliphatic rings. The van der Waals surface area contributed by atoms with Crippen molar-refractivity contribution in [2.24, 2.45) is 0 Å². The number of hydrogen-bond acceptors (Lipinski definition) is 6. The van der Waals surface area contributed by atoms with Crippen molar-refractivity contribution < 1.29 is 23.7 Å². The molecule has 1 atom stereocenters. The van der Waals surface area contributed by atoms with Crippen LogP contribution in [0.4, 0.5) is 5.69 Å². The zero-order chi connectivity index (χ0) is 18.4. The summed E-state index contributed by atoms with van der Waals surface area (Å²) in [6.45, 7) is 1.23. The van der Waals surface area contributed by atoms with Gasteiger partial charge in [-0.1, -0.05) is 12.1 Å². The van der Waals surface area contributed by atoms with Crippen molar-refractivity contribution in [3.05, 3.63) is 42.0 Å². The SMILES string of the molecule is COc1ccc(C(=O)Nc2ccccc2OCC2CCCO2)c(OC)n1. The highest BCUT2D eigenvalue weighted by atomic mass is 16.5. The van der Waals surface area contributed by atoms with E-state index < -0.39 is 0 Å². The van der Waals surface area contributed by atoms with Gasteiger partial charge in [-0.2, -0.15) is 4.98 Å². The summed E-state index contributed by atoms with van der Waals surface area (Å²) in [6.07, 6.45) is 2.14. The number of nitrogens with one attached hydrogen (secondary N) is 1. The Morgan fingerprint density at radius 1 is 1.23 bits per heavy atom. The van der Waals surface area contributed by atoms with Crippen LogP contribution in [0.15, 0.2) is 36.4 Å². The monoisotopic (exact) mass is 358 g/mol. The van der Waals surface area contributed by atoms with Crippen molar-refractivity contribution in [1.82, 2.24) is 4.98 Å². The van der Waals surface area contributed by atoms with E-state index in [9.17, 15) is 4.79 Å². The van der Waals surface area contributed by atoms with Crippen LogP contribution in [0.2, 0.25) is 0 Å². The Morgan fingerprint density at radius 3 is 2.81 bits per heavy atom. The molecule has 0 radical (unpaired) electrons. The van der Waals surface area contributed by atoms with Crippen LogP contribution in [0.1, 0.15) is 23.2 Å². The van der Waals surface area contributed by atoms with E-state index in [-0.39, 0.29) is 17.9 Å². The minimum absolute atomic E-state index is 0.102. The average Bonchev–Trinajstić information content (AvgIpc) is 3.20. The van der Waals surface area contributed by atoms with E-state index in [0.717, 1.165) is 19.4 Å². The summed E-state index contributed by atoms with van der Waals surface area (Å²) in [5.74, 6) is 0.820. The fraction of sp³-hybridized carbons (Fsp3) is 0.368. The first-order chi connectivity index (χ1) is 12.7. The van der Waals surface area contributed by atoms with E-state index in [1.165, 1.54) is 14.2 Å². The first kappa shape index (κ1) is 18.0. The summed E-state index contributed by atoms with van der Waals surface area (Å²) in [5, 5.41) is 2.85. The number of carbonyl (C=O) groups excluding carboxylic acids is 1. The van der Waals surface area contributed by atoms with Gasteiger partial charge in [0.2, 0.25) is 11.8 Å². The molecule has 1 saturated heterocycles. The Morgan fingerprint density at radius 2 is 2.08 bits per heavy atom. The van der Waals surface area contributed by atoms with E-state index in [2.05, 4.69) is 10.3 Å². The molecular weight excluding hydrogens is 336 g/mol. The second kappa shape index (κ2) is 8.53. The van der Waals surface area contributed by atoms with Crippen molar-refractivity contribution >= 4 is 11.6 Å². The van der Waals surface area contributed by atoms with E-state index in [1.807, 2.05) is 18.2 Å². The fourth-order valence-electron chi connectivity index (χ4n) is 2.71. The van der Waals surface area contributed by atoms with Crippen LogP contribution in [0.25, 0.3) is 0 Å². The second-order valence-electron chi connectivity index (χ2n) is 5.81. The standard InChI is InChI=1S/C19H22N2O5/c1-23-17-10-9-14(19(21-17)24-2)18(22)20-15-7-3-4-8-16(15)26-12-13-6-5-11-25-13/h3-4,7-10,13H,5-6,11-12H2,1-2H3,(H,20,22). The molecule has 0 bridgehead atoms. The van der Waals surface area contributed by atoms with Crippen LogP contribution in [0.3, 0.4) is 0 Å². The number of para-hydroxylation sites is 2. The third-order valence-corrected chi connectivity index (χ3v) is 4.07. The highest BCUT2D eigenvalue weighted by Gasteiger charge is 2.19. The van der Waals surface area contributed by atoms with Crippen molar-refractivity contribution in [3.63, 3.8) is 0 Å². The third kappa shape index (κ3) is 4.23. The summed E-state index contributed by atoms with van der Waals surface area (Å²) >= 11 is 0. The lowest BCUT2D eigenvalue weighted by atomic mass is 10.2. The molecule has 138 valence electrons. The topological polar surface area (TPSA) is 78.9 Å². The second-order valence-corrected chi connectivity index (χ2v) is 5.81. The van der Waals surface area contributed by atoms with Gasteiger partial charge >= 0.3 is 0 Å². The molecule has 1 aromatic carbocycles. The van der Waals surface area contributed by atoms with Gasteiger partial charge in [0, 0.05) is 12.7 Å². The molecule has 7 heteroatoms. The van der Waals surface area contributed by atoms with Gasteiger partial charge in [0.15, 0.2) is 0 Å². The Labute approximate surface area is 152 Å². The number of anilines is 1. The minimum atomic E-state index is -0.342. The number of carbonyl (C=O) groups is 1. The first-order valence-corrected chi connectivity index (χ1v) is 8.45. The first-order valence-electron chi connectivity index (χ1n) is 8.45. The minimum Gasteiger partial charge on any atom is -0.489 e. The van der Waals surface area contributed by atoms with E-state index in [1.54, 1.807) is 18.2 Å². The molecule has 0 saturated carbocycles. The molecule has 1 amide bonds. The average molecular weight is 358 g/mol. The van der Waals surface area contributed by atoms with Gasteiger partial charge in [0.05, 0.1) is 26.0 Å². The molecule has 1 fully saturated rings. The molecule has 1 N–H and O–H groups in total. The van der Waals surface area contributed by atoms with Crippen LogP contribution in [0.5, 0.6) is 17.5 Å². The number of aromatic nitrogens is 1. The molecule has 1 aromatic heterocycles. The van der Waals surface area contributed by atoms with Crippen molar-refractivity contribution in [1.29, 1.82) is 0 Å². The Bertz CT molecular complexity index is 759. The predicted octanol–water partition coefficient (Wildman–Crippen LogP) is 2.91. The molecule has 1 unspecified atom stereocenters. The van der Waals surface area contributed by atoms with Crippen LogP contribution >= 0.6 is 0 Å². The van der Waals surface area contributed by atoms with Crippen LogP contribution < -0.4 is 19.5 Å². The summed E-state index contributed by atoms with van der Waals surface area (Å²) in [5.41, 5.74) is 0.885. The Kier molecular flexibility index (Phi) is 5.91. The van der Waals surface area contributed by atoms with Crippen LogP contribution in [-0.4, -0.2) is 44.4 Å². The van der Waals surface area contributed by atoms with E-state index in [4.69, 9.17) is 18.9 Å². The van der Waals surface area contributed by atoms with E-state index in [0.29, 0.717) is 29.5 Å². The van der Waals surface area contributed by atoms with Gasteiger partial charge in [-0.15, -0.1) is 0 Å². The van der Waals surface area contributed by atoms with Gasteiger partial charge in [0.25, 0.3) is 5.91 Å². The highest BCUT2D eigenvalue weighted by molar-refractivity contribution is 6.06. The zero-order valence-electron chi connectivity index (χ0n) is 14.9. The van der Waals surface area contributed by atoms with Crippen molar-refractivity contribution in [2.45, 2.75) is 18.9 Å². The lowest BCUT2D eigenvalue weighted by Gasteiger charge is -2.15. The van der Waals surface area contributed by atoms with Crippen molar-refractivity contribution in [2.75, 3.05) is 32.8 Å². The molecule has 0 spiro atoms. The number of rotatable bonds is 7. The maximum atomic E-state index is 12.7. The molecule has 1 aliphatic heterocycles. The number of ether oxygens (including phenoxy) is 4. The lowest BCUT2D eigenvalue weighted by molar-refractivity contribution is 0.0682. The van der Waals surface area contributed by atoms with Crippen LogP contribution in [-0.2, 0) is 4.74 Å². The number of benzene rings is 1. The maximum absolute atomic E-state index is 12.7. The number of hydrogen-bond donors (Lipinski definition) is 1. The number of methoxy groups -OCH3 is 2. The third-order valence-electron chi connectivity index (χ3n) is 4.07. The smallest absolute Gasteiger partial charge is 0.261 e. The normalized spacial score (nSPS) is 16.2. The molecular formula is C19H22N2O5. The number of amides is 1. The summed E-state index contributed by atoms with van der Waals surface area (Å²) in [4.78, 5) is 16.8. The predicted molar refractivity (Wildman–Crippen MR) is 96.2 cm³/mol. The Balaban J connectivity index is 1.73. The van der Waals surface area contributed by atoms with Crippen molar-refractivity contribution in [3.8, 4) is 17.5 Å². The molecule has 26 heavy (non-hydrogen) atoms. The molecule has 3 rings (SSSR count). The summed E-state index contributed by atoms with van der Waals surface area (Å²) in [7, 11) is 2.96. The molecule has 0 aliphatic carbocycles. The summed E-state index contributed by atoms with van der Waals surface area (Å²) < 4.78 is 21.7. The van der Waals surface area contributed by atoms with Gasteiger partial charge in [-0.05, 0) is 31.0 Å². The molecule has 7 nitrogen and oxygen atoms in total. The highest BCUT2D eigenvalue weighted by Crippen LogP contribution is 2.27. The fourth-order valence-corrected chi connectivity index (χ4v) is 2.71. The van der Waals surface area contributed by atoms with Gasteiger partial charge in [-0.25, -0.2) is 0 Å². The maximum Gasteiger partial charge on any atom is 0.261 e. The summed E-state index contributed by atoms with van der Waals surface area (Å²) in [6, 6.07) is 10.5. The quantitative estimate of drug-likeness (QED) is 0.820.